The van der Waals surface area contributed by atoms with E-state index in [9.17, 15) is 14.4 Å². The van der Waals surface area contributed by atoms with Crippen LogP contribution in [0.2, 0.25) is 0 Å². The number of nitrogens with one attached hydrogen (secondary N) is 1. The number of methoxy groups -OCH3 is 1. The van der Waals surface area contributed by atoms with E-state index in [4.69, 9.17) is 9.47 Å². The number of anilines is 1. The highest BCUT2D eigenvalue weighted by Crippen LogP contribution is 2.35. The molecular formula is C22H28N4O5. The molecule has 1 aliphatic rings. The molecule has 0 spiro atoms. The largest absolute Gasteiger partial charge is 0.461 e. The normalized spacial score (nSPS) is 18.0. The van der Waals surface area contributed by atoms with Gasteiger partial charge in [-0.2, -0.15) is 5.10 Å². The van der Waals surface area contributed by atoms with Gasteiger partial charge in [-0.3, -0.25) is 19.2 Å². The maximum Gasteiger partial charge on any atom is 0.358 e. The molecule has 1 aromatic carbocycles. The molecule has 0 radical (unpaired) electrons. The third kappa shape index (κ3) is 4.18. The van der Waals surface area contributed by atoms with Gasteiger partial charge in [0.15, 0.2) is 5.69 Å². The molecule has 166 valence electrons. The number of hydrogen-bond donors (Lipinski definition) is 1. The molecule has 9 nitrogen and oxygen atoms in total. The molecule has 9 heteroatoms. The number of nitrogens with zero attached hydrogens (tertiary/aromatic N) is 3. The fraction of sp³-hybridized carbons (Fsp3) is 0.455. The fourth-order valence-corrected chi connectivity index (χ4v) is 3.68. The summed E-state index contributed by atoms with van der Waals surface area (Å²) < 4.78 is 11.5. The van der Waals surface area contributed by atoms with Crippen LogP contribution in [0.4, 0.5) is 5.69 Å². The van der Waals surface area contributed by atoms with Crippen LogP contribution in [0.15, 0.2) is 24.3 Å². The highest BCUT2D eigenvalue weighted by atomic mass is 16.5. The van der Waals surface area contributed by atoms with Gasteiger partial charge in [0.2, 0.25) is 5.91 Å². The first-order chi connectivity index (χ1) is 14.7. The van der Waals surface area contributed by atoms with E-state index < -0.39 is 17.4 Å². The number of hydrogen-bond acceptors (Lipinski definition) is 6. The van der Waals surface area contributed by atoms with Crippen molar-refractivity contribution in [2.24, 2.45) is 0 Å². The van der Waals surface area contributed by atoms with E-state index in [0.717, 1.165) is 11.1 Å². The van der Waals surface area contributed by atoms with Crippen LogP contribution in [0.25, 0.3) is 0 Å². The Labute approximate surface area is 181 Å². The first kappa shape index (κ1) is 22.5. The standard InChI is InChI=1S/C22H28N4O5/c1-6-31-20(28)16-12-18-19(27)26(17-11-14(2)7-8-15(17)3)22(4,13-25(18)24-16)21(29)23-9-10-30-5/h7-8,11-12H,6,9-10,13H2,1-5H3,(H,23,29). The molecule has 1 atom stereocenters. The lowest BCUT2D eigenvalue weighted by molar-refractivity contribution is -0.126. The fourth-order valence-electron chi connectivity index (χ4n) is 3.68. The van der Waals surface area contributed by atoms with Gasteiger partial charge in [-0.1, -0.05) is 12.1 Å². The first-order valence-corrected chi connectivity index (χ1v) is 10.2. The minimum Gasteiger partial charge on any atom is -0.461 e. The summed E-state index contributed by atoms with van der Waals surface area (Å²) in [5.74, 6) is -1.35. The van der Waals surface area contributed by atoms with E-state index in [1.54, 1.807) is 21.0 Å². The number of fused-ring (bicyclic) bond motifs is 1. The Hall–Kier alpha value is -3.20. The van der Waals surface area contributed by atoms with Crippen LogP contribution in [0.3, 0.4) is 0 Å². The van der Waals surface area contributed by atoms with Crippen LogP contribution in [-0.4, -0.2) is 60.0 Å². The number of aromatic nitrogens is 2. The van der Waals surface area contributed by atoms with Crippen molar-refractivity contribution >= 4 is 23.5 Å². The minimum absolute atomic E-state index is 0.0372. The topological polar surface area (TPSA) is 103 Å². The van der Waals surface area contributed by atoms with Crippen molar-refractivity contribution in [2.75, 3.05) is 31.8 Å². The molecule has 0 fully saturated rings. The Balaban J connectivity index is 2.11. The second kappa shape index (κ2) is 8.89. The third-order valence-electron chi connectivity index (χ3n) is 5.32. The number of aryl methyl sites for hydroxylation is 2. The second-order valence-corrected chi connectivity index (χ2v) is 7.75. The summed E-state index contributed by atoms with van der Waals surface area (Å²) in [4.78, 5) is 40.6. The lowest BCUT2D eigenvalue weighted by Crippen LogP contribution is -2.65. The molecule has 0 aliphatic carbocycles. The Bertz CT molecular complexity index is 1020. The molecule has 1 aromatic heterocycles. The van der Waals surface area contributed by atoms with Crippen LogP contribution in [0.5, 0.6) is 0 Å². The Morgan fingerprint density at radius 3 is 2.68 bits per heavy atom. The summed E-state index contributed by atoms with van der Waals surface area (Å²) in [6.45, 7) is 8.14. The van der Waals surface area contributed by atoms with Gasteiger partial charge < -0.3 is 14.8 Å². The molecular weight excluding hydrogens is 400 g/mol. The third-order valence-corrected chi connectivity index (χ3v) is 5.32. The Morgan fingerprint density at radius 1 is 1.26 bits per heavy atom. The van der Waals surface area contributed by atoms with Crippen LogP contribution in [0.1, 0.15) is 46.0 Å². The molecule has 0 saturated carbocycles. The van der Waals surface area contributed by atoms with E-state index >= 15 is 0 Å². The van der Waals surface area contributed by atoms with Crippen LogP contribution >= 0.6 is 0 Å². The van der Waals surface area contributed by atoms with Gasteiger partial charge in [-0.05, 0) is 44.9 Å². The van der Waals surface area contributed by atoms with Gasteiger partial charge in [0.25, 0.3) is 5.91 Å². The van der Waals surface area contributed by atoms with E-state index in [1.165, 1.54) is 15.6 Å². The lowest BCUT2D eigenvalue weighted by Gasteiger charge is -2.43. The average molecular weight is 428 g/mol. The van der Waals surface area contributed by atoms with Crippen molar-refractivity contribution in [3.63, 3.8) is 0 Å². The van der Waals surface area contributed by atoms with E-state index in [0.29, 0.717) is 18.8 Å². The van der Waals surface area contributed by atoms with Crippen molar-refractivity contribution in [3.05, 3.63) is 46.8 Å². The number of esters is 1. The van der Waals surface area contributed by atoms with Crippen molar-refractivity contribution in [3.8, 4) is 0 Å². The molecule has 1 unspecified atom stereocenters. The Kier molecular flexibility index (Phi) is 6.45. The maximum absolute atomic E-state index is 13.6. The van der Waals surface area contributed by atoms with Crippen molar-refractivity contribution in [1.82, 2.24) is 15.1 Å². The second-order valence-electron chi connectivity index (χ2n) is 7.75. The number of ether oxygens (including phenoxy) is 2. The molecule has 2 aromatic rings. The van der Waals surface area contributed by atoms with Gasteiger partial charge in [-0.15, -0.1) is 0 Å². The van der Waals surface area contributed by atoms with E-state index in [-0.39, 0.29) is 30.4 Å². The van der Waals surface area contributed by atoms with Crippen molar-refractivity contribution < 1.29 is 23.9 Å². The van der Waals surface area contributed by atoms with Gasteiger partial charge in [0.1, 0.15) is 11.2 Å². The van der Waals surface area contributed by atoms with Gasteiger partial charge in [-0.25, -0.2) is 4.79 Å². The number of carbonyl (C=O) groups excluding carboxylic acids is 3. The van der Waals surface area contributed by atoms with Gasteiger partial charge >= 0.3 is 5.97 Å². The SMILES string of the molecule is CCOC(=O)c1cc2n(n1)CC(C)(C(=O)NCCOC)N(c1cc(C)ccc1C)C2=O. The molecule has 0 saturated heterocycles. The quantitative estimate of drug-likeness (QED) is 0.533. The zero-order valence-corrected chi connectivity index (χ0v) is 18.5. The number of rotatable bonds is 7. The molecule has 1 aliphatic heterocycles. The van der Waals surface area contributed by atoms with Gasteiger partial charge in [0, 0.05) is 25.4 Å². The van der Waals surface area contributed by atoms with Crippen molar-refractivity contribution in [1.29, 1.82) is 0 Å². The highest BCUT2D eigenvalue weighted by molar-refractivity contribution is 6.12. The maximum atomic E-state index is 13.6. The molecule has 2 heterocycles. The predicted octanol–water partition coefficient (Wildman–Crippen LogP) is 1.86. The molecule has 1 N–H and O–H groups in total. The zero-order valence-electron chi connectivity index (χ0n) is 18.5. The monoisotopic (exact) mass is 428 g/mol. The van der Waals surface area contributed by atoms with Crippen LogP contribution in [0, 0.1) is 13.8 Å². The lowest BCUT2D eigenvalue weighted by atomic mass is 9.92. The summed E-state index contributed by atoms with van der Waals surface area (Å²) >= 11 is 0. The van der Waals surface area contributed by atoms with E-state index in [1.807, 2.05) is 32.0 Å². The Morgan fingerprint density at radius 2 is 2.00 bits per heavy atom. The van der Waals surface area contributed by atoms with Crippen molar-refractivity contribution in [2.45, 2.75) is 39.8 Å². The smallest absolute Gasteiger partial charge is 0.358 e. The highest BCUT2D eigenvalue weighted by Gasteiger charge is 2.49. The molecule has 3 rings (SSSR count). The zero-order chi connectivity index (χ0) is 22.8. The number of carbonyl (C=O) groups is 3. The summed E-state index contributed by atoms with van der Waals surface area (Å²) in [6, 6.07) is 7.16. The summed E-state index contributed by atoms with van der Waals surface area (Å²) in [7, 11) is 1.55. The summed E-state index contributed by atoms with van der Waals surface area (Å²) in [5.41, 5.74) is 1.45. The predicted molar refractivity (Wildman–Crippen MR) is 114 cm³/mol. The molecule has 2 amide bonds. The minimum atomic E-state index is -1.27. The average Bonchev–Trinajstić information content (AvgIpc) is 3.15. The van der Waals surface area contributed by atoms with E-state index in [2.05, 4.69) is 10.4 Å². The van der Waals surface area contributed by atoms with Gasteiger partial charge in [0.05, 0.1) is 19.8 Å². The van der Waals surface area contributed by atoms with Crippen LogP contribution in [-0.2, 0) is 20.8 Å². The van der Waals surface area contributed by atoms with Crippen LogP contribution < -0.4 is 10.2 Å². The molecule has 0 bridgehead atoms. The molecule has 31 heavy (non-hydrogen) atoms. The number of benzene rings is 1. The first-order valence-electron chi connectivity index (χ1n) is 10.2. The number of amides is 2. The summed E-state index contributed by atoms with van der Waals surface area (Å²) in [5, 5.41) is 7.09. The summed E-state index contributed by atoms with van der Waals surface area (Å²) in [6.07, 6.45) is 0.